The summed E-state index contributed by atoms with van der Waals surface area (Å²) in [5.41, 5.74) is 1.37. The molecule has 0 aromatic rings. The highest BCUT2D eigenvalue weighted by atomic mass is 16.5. The van der Waals surface area contributed by atoms with Crippen LogP contribution in [-0.2, 0) is 14.4 Å². The average Bonchev–Trinajstić information content (AvgIpc) is 2.51. The van der Waals surface area contributed by atoms with Gasteiger partial charge in [0.25, 0.3) is 5.91 Å². The standard InChI is InChI=1S/C15H27N3O5/c1-3-5-6-10(12(19)14(21)17-23)15(22)18-9-7-11(18)13(20)16-8-4-2/h10-12,19,23H,3-9H2,1-2H3,(H,16,20)(H,17,21)/t10-,11+,12+/m1/s1. The molecule has 1 heterocycles. The van der Waals surface area contributed by atoms with E-state index in [-0.39, 0.29) is 5.91 Å². The summed E-state index contributed by atoms with van der Waals surface area (Å²) >= 11 is 0. The first-order valence-corrected chi connectivity index (χ1v) is 8.18. The van der Waals surface area contributed by atoms with Crippen LogP contribution in [0.3, 0.4) is 0 Å². The van der Waals surface area contributed by atoms with E-state index in [1.54, 1.807) is 0 Å². The summed E-state index contributed by atoms with van der Waals surface area (Å²) in [6.45, 7) is 4.85. The Hall–Kier alpha value is -1.67. The number of aliphatic hydroxyl groups is 1. The first kappa shape index (κ1) is 19.4. The third-order valence-corrected chi connectivity index (χ3v) is 4.10. The van der Waals surface area contributed by atoms with Gasteiger partial charge in [-0.05, 0) is 19.3 Å². The predicted octanol–water partition coefficient (Wildman–Crippen LogP) is -0.214. The normalized spacial score (nSPS) is 19.5. The number of hydrogen-bond acceptors (Lipinski definition) is 5. The molecule has 1 aliphatic heterocycles. The number of hydroxylamine groups is 1. The van der Waals surface area contributed by atoms with Crippen molar-refractivity contribution in [2.24, 2.45) is 5.92 Å². The number of rotatable bonds is 9. The Labute approximate surface area is 136 Å². The quantitative estimate of drug-likeness (QED) is 0.345. The van der Waals surface area contributed by atoms with E-state index in [1.165, 1.54) is 10.4 Å². The highest BCUT2D eigenvalue weighted by Gasteiger charge is 2.43. The van der Waals surface area contributed by atoms with Crippen LogP contribution in [-0.4, -0.2) is 58.2 Å². The van der Waals surface area contributed by atoms with Crippen LogP contribution in [0.2, 0.25) is 0 Å². The third-order valence-electron chi connectivity index (χ3n) is 4.10. The molecule has 0 spiro atoms. The fraction of sp³-hybridized carbons (Fsp3) is 0.800. The molecule has 0 aromatic carbocycles. The summed E-state index contributed by atoms with van der Waals surface area (Å²) in [5.74, 6) is -2.59. The van der Waals surface area contributed by atoms with E-state index >= 15 is 0 Å². The summed E-state index contributed by atoms with van der Waals surface area (Å²) in [6, 6.07) is -0.539. The topological polar surface area (TPSA) is 119 Å². The van der Waals surface area contributed by atoms with Crippen molar-refractivity contribution in [3.8, 4) is 0 Å². The van der Waals surface area contributed by atoms with Gasteiger partial charge in [-0.15, -0.1) is 0 Å². The van der Waals surface area contributed by atoms with Crippen molar-refractivity contribution >= 4 is 17.7 Å². The van der Waals surface area contributed by atoms with Crippen LogP contribution in [0, 0.1) is 5.92 Å². The maximum Gasteiger partial charge on any atom is 0.272 e. The third kappa shape index (κ3) is 4.90. The van der Waals surface area contributed by atoms with Crippen LogP contribution < -0.4 is 10.8 Å². The molecule has 8 nitrogen and oxygen atoms in total. The van der Waals surface area contributed by atoms with Crippen molar-refractivity contribution in [2.45, 2.75) is 58.1 Å². The number of carbonyl (C=O) groups is 3. The van der Waals surface area contributed by atoms with Crippen molar-refractivity contribution in [3.63, 3.8) is 0 Å². The van der Waals surface area contributed by atoms with Gasteiger partial charge < -0.3 is 15.3 Å². The van der Waals surface area contributed by atoms with E-state index in [9.17, 15) is 19.5 Å². The number of nitrogens with zero attached hydrogens (tertiary/aromatic N) is 1. The fourth-order valence-corrected chi connectivity index (χ4v) is 2.59. The zero-order valence-electron chi connectivity index (χ0n) is 13.7. The van der Waals surface area contributed by atoms with Crippen molar-refractivity contribution in [2.75, 3.05) is 13.1 Å². The minimum atomic E-state index is -1.63. The lowest BCUT2D eigenvalue weighted by molar-refractivity contribution is -0.158. The van der Waals surface area contributed by atoms with Gasteiger partial charge >= 0.3 is 0 Å². The number of likely N-dealkylation sites (tertiary alicyclic amines) is 1. The molecule has 4 N–H and O–H groups in total. The summed E-state index contributed by atoms with van der Waals surface area (Å²) in [4.78, 5) is 37.5. The summed E-state index contributed by atoms with van der Waals surface area (Å²) in [7, 11) is 0. The lowest BCUT2D eigenvalue weighted by Crippen LogP contribution is -2.61. The number of carbonyl (C=O) groups excluding carboxylic acids is 3. The molecule has 3 atom stereocenters. The molecule has 1 aliphatic rings. The molecule has 0 bridgehead atoms. The molecule has 0 saturated carbocycles. The van der Waals surface area contributed by atoms with E-state index in [0.717, 1.165) is 12.8 Å². The second-order valence-corrected chi connectivity index (χ2v) is 5.80. The van der Waals surface area contributed by atoms with Crippen molar-refractivity contribution < 1.29 is 24.7 Å². The van der Waals surface area contributed by atoms with Crippen LogP contribution in [0.5, 0.6) is 0 Å². The van der Waals surface area contributed by atoms with Gasteiger partial charge in [0.2, 0.25) is 11.8 Å². The number of nitrogens with one attached hydrogen (secondary N) is 2. The van der Waals surface area contributed by atoms with Gasteiger partial charge in [-0.25, -0.2) is 5.48 Å². The van der Waals surface area contributed by atoms with Crippen LogP contribution >= 0.6 is 0 Å². The minimum absolute atomic E-state index is 0.207. The zero-order chi connectivity index (χ0) is 17.4. The smallest absolute Gasteiger partial charge is 0.272 e. The van der Waals surface area contributed by atoms with Crippen LogP contribution in [0.1, 0.15) is 46.0 Å². The van der Waals surface area contributed by atoms with E-state index < -0.39 is 29.9 Å². The Balaban J connectivity index is 2.75. The Bertz CT molecular complexity index is 429. The van der Waals surface area contributed by atoms with Gasteiger partial charge in [-0.3, -0.25) is 19.6 Å². The molecule has 0 unspecified atom stereocenters. The Morgan fingerprint density at radius 3 is 2.43 bits per heavy atom. The number of unbranched alkanes of at least 4 members (excludes halogenated alkanes) is 1. The predicted molar refractivity (Wildman–Crippen MR) is 82.4 cm³/mol. The number of hydrogen-bond donors (Lipinski definition) is 4. The molecular formula is C15H27N3O5. The largest absolute Gasteiger partial charge is 0.382 e. The van der Waals surface area contributed by atoms with E-state index in [1.807, 2.05) is 13.8 Å². The highest BCUT2D eigenvalue weighted by Crippen LogP contribution is 2.25. The molecular weight excluding hydrogens is 302 g/mol. The molecule has 8 heteroatoms. The summed E-state index contributed by atoms with van der Waals surface area (Å²) in [6.07, 6.45) is 1.54. The Morgan fingerprint density at radius 2 is 1.96 bits per heavy atom. The first-order valence-electron chi connectivity index (χ1n) is 8.18. The van der Waals surface area contributed by atoms with Gasteiger partial charge in [0.15, 0.2) is 0 Å². The molecule has 1 fully saturated rings. The Morgan fingerprint density at radius 1 is 1.26 bits per heavy atom. The van der Waals surface area contributed by atoms with Crippen molar-refractivity contribution in [3.05, 3.63) is 0 Å². The molecule has 1 rings (SSSR count). The Kier molecular flexibility index (Phi) is 7.97. The van der Waals surface area contributed by atoms with Gasteiger partial charge in [0.1, 0.15) is 12.1 Å². The average molecular weight is 329 g/mol. The SMILES string of the molecule is CCCC[C@@H](C(=O)N1CC[C@H]1C(=O)NCCC)[C@H](O)C(=O)NO. The maximum absolute atomic E-state index is 12.6. The second-order valence-electron chi connectivity index (χ2n) is 5.80. The van der Waals surface area contributed by atoms with Gasteiger partial charge in [0, 0.05) is 13.1 Å². The minimum Gasteiger partial charge on any atom is -0.382 e. The lowest BCUT2D eigenvalue weighted by Gasteiger charge is -2.42. The van der Waals surface area contributed by atoms with Gasteiger partial charge in [-0.1, -0.05) is 26.7 Å². The summed E-state index contributed by atoms with van der Waals surface area (Å²) < 4.78 is 0. The van der Waals surface area contributed by atoms with Gasteiger partial charge in [-0.2, -0.15) is 0 Å². The molecule has 1 saturated heterocycles. The van der Waals surface area contributed by atoms with Crippen molar-refractivity contribution in [1.29, 1.82) is 0 Å². The van der Waals surface area contributed by atoms with Gasteiger partial charge in [0.05, 0.1) is 5.92 Å². The highest BCUT2D eigenvalue weighted by molar-refractivity contribution is 5.93. The van der Waals surface area contributed by atoms with E-state index in [2.05, 4.69) is 5.32 Å². The van der Waals surface area contributed by atoms with Crippen molar-refractivity contribution in [1.82, 2.24) is 15.7 Å². The number of amides is 3. The molecule has 23 heavy (non-hydrogen) atoms. The monoisotopic (exact) mass is 329 g/mol. The number of aliphatic hydroxyl groups excluding tert-OH is 1. The summed E-state index contributed by atoms with van der Waals surface area (Å²) in [5, 5.41) is 21.4. The van der Waals surface area contributed by atoms with E-state index in [0.29, 0.717) is 32.4 Å². The molecule has 0 aliphatic carbocycles. The van der Waals surface area contributed by atoms with Crippen LogP contribution in [0.15, 0.2) is 0 Å². The first-order chi connectivity index (χ1) is 11.0. The van der Waals surface area contributed by atoms with Crippen LogP contribution in [0.4, 0.5) is 0 Å². The molecule has 0 radical (unpaired) electrons. The molecule has 0 aromatic heterocycles. The van der Waals surface area contributed by atoms with E-state index in [4.69, 9.17) is 5.21 Å². The maximum atomic E-state index is 12.6. The van der Waals surface area contributed by atoms with Crippen LogP contribution in [0.25, 0.3) is 0 Å². The fourth-order valence-electron chi connectivity index (χ4n) is 2.59. The lowest BCUT2D eigenvalue weighted by atomic mass is 9.90. The second kappa shape index (κ2) is 9.46. The molecule has 132 valence electrons. The zero-order valence-corrected chi connectivity index (χ0v) is 13.7. The molecule has 3 amide bonds.